The van der Waals surface area contributed by atoms with Gasteiger partial charge in [0.15, 0.2) is 11.9 Å². The molecule has 0 aromatic heterocycles. The monoisotopic (exact) mass is 494 g/mol. The van der Waals surface area contributed by atoms with Gasteiger partial charge < -0.3 is 10.1 Å². The van der Waals surface area contributed by atoms with Crippen LogP contribution in [0.15, 0.2) is 71.6 Å². The van der Waals surface area contributed by atoms with Crippen molar-refractivity contribution in [2.75, 3.05) is 10.0 Å². The Morgan fingerprint density at radius 1 is 0.829 bits per heavy atom. The Hall–Kier alpha value is -3.98. The molecule has 0 bridgehead atoms. The summed E-state index contributed by atoms with van der Waals surface area (Å²) < 4.78 is 33.2. The van der Waals surface area contributed by atoms with Crippen molar-refractivity contribution in [1.29, 1.82) is 0 Å². The Balaban J connectivity index is 1.61. The molecular weight excluding hydrogens is 468 g/mol. The van der Waals surface area contributed by atoms with E-state index in [1.54, 1.807) is 43.3 Å². The lowest BCUT2D eigenvalue weighted by atomic mass is 10.1. The molecule has 3 rings (SSSR count). The van der Waals surface area contributed by atoms with E-state index in [0.29, 0.717) is 16.8 Å². The fourth-order valence-corrected chi connectivity index (χ4v) is 4.58. The van der Waals surface area contributed by atoms with Gasteiger partial charge in [-0.3, -0.25) is 14.3 Å². The molecule has 0 aliphatic rings. The molecule has 2 N–H and O–H groups in total. The number of carbonyl (C=O) groups is 3. The van der Waals surface area contributed by atoms with Gasteiger partial charge in [-0.15, -0.1) is 0 Å². The van der Waals surface area contributed by atoms with Gasteiger partial charge in [-0.2, -0.15) is 0 Å². The second kappa shape index (κ2) is 10.5. The van der Waals surface area contributed by atoms with Crippen LogP contribution in [0, 0.1) is 13.8 Å². The Bertz CT molecular complexity index is 1360. The molecule has 0 saturated carbocycles. The molecular formula is C26H26N2O6S. The maximum Gasteiger partial charge on any atom is 0.338 e. The molecule has 0 aliphatic carbocycles. The highest BCUT2D eigenvalue weighted by Crippen LogP contribution is 2.21. The van der Waals surface area contributed by atoms with E-state index in [4.69, 9.17) is 4.74 Å². The average molecular weight is 495 g/mol. The number of ether oxygens (including phenoxy) is 1. The summed E-state index contributed by atoms with van der Waals surface area (Å²) in [5.41, 5.74) is 2.85. The minimum Gasteiger partial charge on any atom is -0.449 e. The number of amides is 1. The lowest BCUT2D eigenvalue weighted by Gasteiger charge is -2.14. The van der Waals surface area contributed by atoms with E-state index < -0.39 is 28.0 Å². The van der Waals surface area contributed by atoms with E-state index in [0.717, 1.165) is 5.56 Å². The molecule has 0 fully saturated rings. The number of aryl methyl sites for hydroxylation is 2. The van der Waals surface area contributed by atoms with Crippen LogP contribution < -0.4 is 10.0 Å². The van der Waals surface area contributed by atoms with Gasteiger partial charge >= 0.3 is 5.97 Å². The lowest BCUT2D eigenvalue weighted by Crippen LogP contribution is -2.30. The summed E-state index contributed by atoms with van der Waals surface area (Å²) in [5.74, 6) is -1.36. The predicted octanol–water partition coefficient (Wildman–Crippen LogP) is 4.49. The fourth-order valence-electron chi connectivity index (χ4n) is 3.20. The van der Waals surface area contributed by atoms with Crippen molar-refractivity contribution in [1.82, 2.24) is 0 Å². The van der Waals surface area contributed by atoms with Crippen LogP contribution in [-0.4, -0.2) is 32.2 Å². The number of Topliss-reactive ketones (excluding diaryl/α,β-unsaturated/α-hetero) is 1. The summed E-state index contributed by atoms with van der Waals surface area (Å²) in [6.45, 7) is 6.40. The van der Waals surface area contributed by atoms with Crippen LogP contribution in [0.1, 0.15) is 45.7 Å². The van der Waals surface area contributed by atoms with E-state index in [1.165, 1.54) is 38.1 Å². The molecule has 1 atom stereocenters. The standard InChI is InChI=1S/C26H26N2O6S/c1-16-5-6-17(2)24(15-16)35(32,33)28-23-13-9-21(10-14-23)26(31)34-19(4)25(30)27-22-11-7-20(8-12-22)18(3)29/h5-15,19,28H,1-4H3,(H,27,30)/t19-/m0/s1. The van der Waals surface area contributed by atoms with E-state index in [1.807, 2.05) is 13.0 Å². The minimum atomic E-state index is -3.80. The predicted molar refractivity (Wildman–Crippen MR) is 133 cm³/mol. The highest BCUT2D eigenvalue weighted by Gasteiger charge is 2.20. The molecule has 0 spiro atoms. The third-order valence-electron chi connectivity index (χ3n) is 5.22. The van der Waals surface area contributed by atoms with Crippen LogP contribution in [0.2, 0.25) is 0 Å². The zero-order chi connectivity index (χ0) is 25.8. The number of sulfonamides is 1. The van der Waals surface area contributed by atoms with Crippen LogP contribution in [0.25, 0.3) is 0 Å². The van der Waals surface area contributed by atoms with E-state index in [9.17, 15) is 22.8 Å². The molecule has 35 heavy (non-hydrogen) atoms. The van der Waals surface area contributed by atoms with Gasteiger partial charge in [0.25, 0.3) is 15.9 Å². The van der Waals surface area contributed by atoms with Crippen molar-refractivity contribution in [3.63, 3.8) is 0 Å². The number of hydrogen-bond donors (Lipinski definition) is 2. The van der Waals surface area contributed by atoms with Crippen LogP contribution >= 0.6 is 0 Å². The maximum absolute atomic E-state index is 12.8. The van der Waals surface area contributed by atoms with Crippen molar-refractivity contribution >= 4 is 39.1 Å². The second-order valence-electron chi connectivity index (χ2n) is 8.12. The number of nitrogens with one attached hydrogen (secondary N) is 2. The Morgan fingerprint density at radius 3 is 2.00 bits per heavy atom. The first kappa shape index (κ1) is 25.6. The van der Waals surface area contributed by atoms with Gasteiger partial charge in [0.1, 0.15) is 0 Å². The summed E-state index contributed by atoms with van der Waals surface area (Å²) in [6, 6.07) is 17.2. The Morgan fingerprint density at radius 2 is 1.40 bits per heavy atom. The Labute approximate surface area is 204 Å². The summed E-state index contributed by atoms with van der Waals surface area (Å²) in [4.78, 5) is 36.3. The number of esters is 1. The van der Waals surface area contributed by atoms with Crippen LogP contribution in [-0.2, 0) is 19.6 Å². The quantitative estimate of drug-likeness (QED) is 0.352. The number of hydrogen-bond acceptors (Lipinski definition) is 6. The van der Waals surface area contributed by atoms with Gasteiger partial charge in [0.05, 0.1) is 10.5 Å². The molecule has 0 unspecified atom stereocenters. The van der Waals surface area contributed by atoms with Gasteiger partial charge in [-0.25, -0.2) is 13.2 Å². The van der Waals surface area contributed by atoms with Gasteiger partial charge in [-0.1, -0.05) is 12.1 Å². The third-order valence-corrected chi connectivity index (χ3v) is 6.74. The largest absolute Gasteiger partial charge is 0.449 e. The van der Waals surface area contributed by atoms with Crippen LogP contribution in [0.5, 0.6) is 0 Å². The SMILES string of the molecule is CC(=O)c1ccc(NC(=O)[C@H](C)OC(=O)c2ccc(NS(=O)(=O)c3cc(C)ccc3C)cc2)cc1. The average Bonchev–Trinajstić information content (AvgIpc) is 2.81. The molecule has 1 amide bonds. The van der Waals surface area contributed by atoms with Crippen molar-refractivity contribution < 1.29 is 27.5 Å². The smallest absolute Gasteiger partial charge is 0.338 e. The zero-order valence-electron chi connectivity index (χ0n) is 19.8. The summed E-state index contributed by atoms with van der Waals surface area (Å²) in [6.07, 6.45) is -1.09. The highest BCUT2D eigenvalue weighted by atomic mass is 32.2. The maximum atomic E-state index is 12.8. The molecule has 3 aromatic carbocycles. The molecule has 0 heterocycles. The van der Waals surface area contributed by atoms with E-state index in [-0.39, 0.29) is 21.9 Å². The molecule has 0 radical (unpaired) electrons. The molecule has 0 aliphatic heterocycles. The topological polar surface area (TPSA) is 119 Å². The summed E-state index contributed by atoms with van der Waals surface area (Å²) in [5, 5.41) is 2.62. The van der Waals surface area contributed by atoms with Crippen molar-refractivity contribution in [3.8, 4) is 0 Å². The highest BCUT2D eigenvalue weighted by molar-refractivity contribution is 7.92. The molecule has 0 saturated heterocycles. The number of rotatable bonds is 8. The fraction of sp³-hybridized carbons (Fsp3) is 0.192. The van der Waals surface area contributed by atoms with Gasteiger partial charge in [-0.05, 0) is 93.4 Å². The molecule has 182 valence electrons. The molecule has 9 heteroatoms. The Kier molecular flexibility index (Phi) is 7.71. The molecule has 8 nitrogen and oxygen atoms in total. The first-order valence-corrected chi connectivity index (χ1v) is 12.3. The minimum absolute atomic E-state index is 0.0886. The van der Waals surface area contributed by atoms with E-state index >= 15 is 0 Å². The van der Waals surface area contributed by atoms with Crippen LogP contribution in [0.4, 0.5) is 11.4 Å². The van der Waals surface area contributed by atoms with Crippen molar-refractivity contribution in [3.05, 3.63) is 89.0 Å². The molecule has 3 aromatic rings. The van der Waals surface area contributed by atoms with Crippen molar-refractivity contribution in [2.45, 2.75) is 38.7 Å². The lowest BCUT2D eigenvalue weighted by molar-refractivity contribution is -0.123. The summed E-state index contributed by atoms with van der Waals surface area (Å²) in [7, 11) is -3.80. The van der Waals surface area contributed by atoms with Gasteiger partial charge in [0.2, 0.25) is 0 Å². The summed E-state index contributed by atoms with van der Waals surface area (Å²) >= 11 is 0. The van der Waals surface area contributed by atoms with Gasteiger partial charge in [0, 0.05) is 16.9 Å². The number of carbonyl (C=O) groups excluding carboxylic acids is 3. The number of benzene rings is 3. The normalized spacial score (nSPS) is 11.9. The number of ketones is 1. The number of anilines is 2. The third kappa shape index (κ3) is 6.54. The van der Waals surface area contributed by atoms with Crippen LogP contribution in [0.3, 0.4) is 0 Å². The zero-order valence-corrected chi connectivity index (χ0v) is 20.6. The second-order valence-corrected chi connectivity index (χ2v) is 9.77. The first-order valence-electron chi connectivity index (χ1n) is 10.8. The van der Waals surface area contributed by atoms with E-state index in [2.05, 4.69) is 10.0 Å². The van der Waals surface area contributed by atoms with Crippen molar-refractivity contribution in [2.24, 2.45) is 0 Å². The first-order chi connectivity index (χ1) is 16.5.